The summed E-state index contributed by atoms with van der Waals surface area (Å²) in [6, 6.07) is 11.7. The molecule has 2 aliphatic heterocycles. The molecule has 0 unspecified atom stereocenters. The van der Waals surface area contributed by atoms with Gasteiger partial charge in [-0.05, 0) is 81.2 Å². The third-order valence-corrected chi connectivity index (χ3v) is 10.0. The number of phenolic OH excluding ortho intramolecular Hbond substituents is 1. The Labute approximate surface area is 218 Å². The minimum atomic E-state index is -0.936. The highest BCUT2D eigenvalue weighted by atomic mass is 16.5. The summed E-state index contributed by atoms with van der Waals surface area (Å²) < 4.78 is 6.62. The van der Waals surface area contributed by atoms with Crippen molar-refractivity contribution in [1.82, 2.24) is 9.80 Å². The van der Waals surface area contributed by atoms with Gasteiger partial charge < -0.3 is 19.8 Å². The summed E-state index contributed by atoms with van der Waals surface area (Å²) in [5, 5.41) is 23.4. The molecule has 3 aliphatic carbocycles. The summed E-state index contributed by atoms with van der Waals surface area (Å²) in [7, 11) is 1.85. The number of carbonyl (C=O) groups excluding carboxylic acids is 1. The van der Waals surface area contributed by atoms with E-state index in [-0.39, 0.29) is 29.8 Å². The fraction of sp³-hybridized carbons (Fsp3) is 0.516. The Balaban J connectivity index is 1.25. The first-order valence-electron chi connectivity index (χ1n) is 13.8. The van der Waals surface area contributed by atoms with Crippen LogP contribution in [0.15, 0.2) is 42.5 Å². The normalized spacial score (nSPS) is 33.8. The average molecular weight is 501 g/mol. The number of rotatable bonds is 5. The zero-order chi connectivity index (χ0) is 25.5. The van der Waals surface area contributed by atoms with E-state index in [0.717, 1.165) is 48.5 Å². The van der Waals surface area contributed by atoms with E-state index in [1.54, 1.807) is 17.0 Å². The SMILES string of the molecule is Cc1cccc(C=CC(=O)N(C)[C@H]2CC[C@@]3(O)[C@H]4Cc5ccc(O)c6c5[C@@]3(CCN4CC3CC3)[C@H]2O6)c1. The number of piperidine rings is 1. The first kappa shape index (κ1) is 23.3. The van der Waals surface area contributed by atoms with Crippen molar-refractivity contribution in [3.8, 4) is 11.5 Å². The van der Waals surface area contributed by atoms with Crippen LogP contribution >= 0.6 is 0 Å². The number of likely N-dealkylation sites (tertiary alicyclic amines) is 1. The minimum Gasteiger partial charge on any atom is -0.504 e. The third-order valence-electron chi connectivity index (χ3n) is 10.0. The number of phenols is 1. The highest BCUT2D eigenvalue weighted by molar-refractivity contribution is 5.92. The van der Waals surface area contributed by atoms with E-state index in [1.807, 2.05) is 44.3 Å². The van der Waals surface area contributed by atoms with E-state index in [9.17, 15) is 15.0 Å². The average Bonchev–Trinajstić information content (AvgIpc) is 3.62. The molecule has 3 fully saturated rings. The van der Waals surface area contributed by atoms with Gasteiger partial charge in [0, 0.05) is 31.3 Å². The highest BCUT2D eigenvalue weighted by Crippen LogP contribution is 2.66. The second kappa shape index (κ2) is 8.08. The predicted molar refractivity (Wildman–Crippen MR) is 142 cm³/mol. The van der Waals surface area contributed by atoms with Crippen LogP contribution in [0.5, 0.6) is 11.5 Å². The maximum absolute atomic E-state index is 13.4. The molecule has 1 amide bonds. The largest absolute Gasteiger partial charge is 0.504 e. The van der Waals surface area contributed by atoms with Crippen molar-refractivity contribution in [3.63, 3.8) is 0 Å². The molecule has 5 aliphatic rings. The van der Waals surface area contributed by atoms with Crippen molar-refractivity contribution < 1.29 is 19.7 Å². The molecule has 5 atom stereocenters. The molecule has 2 heterocycles. The van der Waals surface area contributed by atoms with Crippen molar-refractivity contribution in [3.05, 3.63) is 64.7 Å². The van der Waals surface area contributed by atoms with Gasteiger partial charge in [-0.25, -0.2) is 0 Å². The molecule has 6 nitrogen and oxygen atoms in total. The van der Waals surface area contributed by atoms with Crippen molar-refractivity contribution in [2.45, 2.75) is 74.7 Å². The van der Waals surface area contributed by atoms with Crippen molar-refractivity contribution >= 4 is 12.0 Å². The maximum atomic E-state index is 13.4. The number of likely N-dealkylation sites (N-methyl/N-ethyl adjacent to an activating group) is 1. The van der Waals surface area contributed by atoms with Gasteiger partial charge in [0.15, 0.2) is 11.5 Å². The zero-order valence-electron chi connectivity index (χ0n) is 21.7. The molecule has 37 heavy (non-hydrogen) atoms. The van der Waals surface area contributed by atoms with Crippen LogP contribution in [0.2, 0.25) is 0 Å². The van der Waals surface area contributed by atoms with E-state index in [1.165, 1.54) is 18.4 Å². The molecule has 194 valence electrons. The van der Waals surface area contributed by atoms with Gasteiger partial charge in [0.1, 0.15) is 6.10 Å². The molecule has 2 saturated carbocycles. The van der Waals surface area contributed by atoms with Gasteiger partial charge in [0.05, 0.1) is 17.1 Å². The van der Waals surface area contributed by atoms with E-state index < -0.39 is 11.0 Å². The Morgan fingerprint density at radius 1 is 1.22 bits per heavy atom. The van der Waals surface area contributed by atoms with Gasteiger partial charge in [-0.15, -0.1) is 0 Å². The summed E-state index contributed by atoms with van der Waals surface area (Å²) in [6.07, 6.45) is 8.54. The minimum absolute atomic E-state index is 0.0408. The maximum Gasteiger partial charge on any atom is 0.246 e. The molecule has 1 spiro atoms. The monoisotopic (exact) mass is 500 g/mol. The summed E-state index contributed by atoms with van der Waals surface area (Å²) >= 11 is 0. The van der Waals surface area contributed by atoms with Crippen LogP contribution in [0.3, 0.4) is 0 Å². The molecular formula is C31H36N2O4. The van der Waals surface area contributed by atoms with Crippen LogP contribution in [-0.4, -0.2) is 69.8 Å². The number of benzene rings is 2. The van der Waals surface area contributed by atoms with Crippen molar-refractivity contribution in [2.75, 3.05) is 20.1 Å². The molecule has 0 aromatic heterocycles. The zero-order valence-corrected chi connectivity index (χ0v) is 21.7. The summed E-state index contributed by atoms with van der Waals surface area (Å²) in [4.78, 5) is 17.7. The Hall–Kier alpha value is -2.83. The van der Waals surface area contributed by atoms with Gasteiger partial charge in [-0.1, -0.05) is 35.9 Å². The summed E-state index contributed by atoms with van der Waals surface area (Å²) in [5.41, 5.74) is 2.78. The van der Waals surface area contributed by atoms with Gasteiger partial charge in [-0.3, -0.25) is 9.69 Å². The molecule has 7 rings (SSSR count). The van der Waals surface area contributed by atoms with E-state index in [4.69, 9.17) is 4.74 Å². The van der Waals surface area contributed by atoms with Crippen LogP contribution < -0.4 is 4.74 Å². The van der Waals surface area contributed by atoms with Crippen LogP contribution in [0.4, 0.5) is 0 Å². The Bertz CT molecular complexity index is 1300. The first-order chi connectivity index (χ1) is 17.8. The Morgan fingerprint density at radius 3 is 2.84 bits per heavy atom. The lowest BCUT2D eigenvalue weighted by atomic mass is 9.48. The predicted octanol–water partition coefficient (Wildman–Crippen LogP) is 3.81. The second-order valence-corrected chi connectivity index (χ2v) is 12.1. The number of carbonyl (C=O) groups is 1. The molecular weight excluding hydrogens is 464 g/mol. The van der Waals surface area contributed by atoms with Gasteiger partial charge in [0.2, 0.25) is 5.91 Å². The van der Waals surface area contributed by atoms with E-state index in [0.29, 0.717) is 18.6 Å². The lowest BCUT2D eigenvalue weighted by molar-refractivity contribution is -0.200. The highest BCUT2D eigenvalue weighted by Gasteiger charge is 2.73. The first-order valence-corrected chi connectivity index (χ1v) is 13.8. The number of aromatic hydroxyl groups is 1. The topological polar surface area (TPSA) is 73.2 Å². The number of aryl methyl sites for hydroxylation is 1. The van der Waals surface area contributed by atoms with Crippen molar-refractivity contribution in [2.24, 2.45) is 5.92 Å². The number of ether oxygens (including phenoxy) is 1. The van der Waals surface area contributed by atoms with Gasteiger partial charge in [0.25, 0.3) is 0 Å². The number of aliphatic hydroxyl groups is 1. The fourth-order valence-corrected chi connectivity index (χ4v) is 8.07. The quantitative estimate of drug-likeness (QED) is 0.611. The second-order valence-electron chi connectivity index (χ2n) is 12.1. The number of hydrogen-bond donors (Lipinski definition) is 2. The van der Waals surface area contributed by atoms with E-state index in [2.05, 4.69) is 11.0 Å². The lowest BCUT2D eigenvalue weighted by Gasteiger charge is -2.64. The van der Waals surface area contributed by atoms with Gasteiger partial charge in [-0.2, -0.15) is 0 Å². The smallest absolute Gasteiger partial charge is 0.246 e. The lowest BCUT2D eigenvalue weighted by Crippen LogP contribution is -2.78. The molecule has 2 N–H and O–H groups in total. The molecule has 2 aromatic rings. The van der Waals surface area contributed by atoms with Crippen molar-refractivity contribution in [1.29, 1.82) is 0 Å². The number of nitrogens with zero attached hydrogens (tertiary/aromatic N) is 2. The number of amides is 1. The number of hydrogen-bond acceptors (Lipinski definition) is 5. The summed E-state index contributed by atoms with van der Waals surface area (Å²) in [5.74, 6) is 1.34. The van der Waals surface area contributed by atoms with Crippen LogP contribution in [0.25, 0.3) is 6.08 Å². The fourth-order valence-electron chi connectivity index (χ4n) is 8.07. The van der Waals surface area contributed by atoms with E-state index >= 15 is 0 Å². The third kappa shape index (κ3) is 3.28. The molecule has 6 heteroatoms. The molecule has 1 saturated heterocycles. The van der Waals surface area contributed by atoms with Crippen LogP contribution in [-0.2, 0) is 16.6 Å². The van der Waals surface area contributed by atoms with Crippen LogP contribution in [0.1, 0.15) is 54.4 Å². The summed E-state index contributed by atoms with van der Waals surface area (Å²) in [6.45, 7) is 4.01. The Kier molecular flexibility index (Phi) is 5.09. The van der Waals surface area contributed by atoms with Crippen LogP contribution in [0, 0.1) is 12.8 Å². The van der Waals surface area contributed by atoms with Gasteiger partial charge >= 0.3 is 0 Å². The molecule has 0 radical (unpaired) electrons. The Morgan fingerprint density at radius 2 is 2.05 bits per heavy atom. The molecule has 2 aromatic carbocycles. The standard InChI is InChI=1S/C31H36N2O4/c1-19-4-3-5-20(16-19)8-11-26(35)32(2)23-12-13-31(36)25-17-22-9-10-24(34)28-27(22)30(31,29(23)37-28)14-15-33(25)18-21-6-7-21/h3-5,8-11,16,21,23,25,29,34,36H,6-7,12-15,17-18H2,1-2H3/t23-,25+,29-,30-,31+/m0/s1. The molecule has 2 bridgehead atoms.